The third-order valence-electron chi connectivity index (χ3n) is 6.03. The number of amides is 1. The summed E-state index contributed by atoms with van der Waals surface area (Å²) in [7, 11) is 1.64. The van der Waals surface area contributed by atoms with Crippen molar-refractivity contribution in [2.24, 2.45) is 0 Å². The van der Waals surface area contributed by atoms with E-state index in [9.17, 15) is 4.79 Å². The number of anilines is 1. The molecule has 0 saturated heterocycles. The SMILES string of the molecule is COCCOc1cccc2c(NCc3ccccc3)nc(-n3c(CNC(C)=O)cc4ccccc43)nc12. The van der Waals surface area contributed by atoms with Gasteiger partial charge in [0, 0.05) is 37.0 Å². The fourth-order valence-corrected chi connectivity index (χ4v) is 4.28. The number of hydrogen-bond acceptors (Lipinski definition) is 6. The molecule has 5 aromatic rings. The van der Waals surface area contributed by atoms with Crippen LogP contribution in [0.1, 0.15) is 18.2 Å². The Balaban J connectivity index is 1.66. The Morgan fingerprint density at radius 2 is 1.73 bits per heavy atom. The first kappa shape index (κ1) is 24.3. The van der Waals surface area contributed by atoms with Crippen molar-refractivity contribution in [1.82, 2.24) is 19.9 Å². The summed E-state index contributed by atoms with van der Waals surface area (Å²) in [4.78, 5) is 21.7. The number of nitrogens with zero attached hydrogens (tertiary/aromatic N) is 3. The van der Waals surface area contributed by atoms with Gasteiger partial charge in [0.15, 0.2) is 0 Å². The molecule has 8 heteroatoms. The van der Waals surface area contributed by atoms with Gasteiger partial charge in [0.2, 0.25) is 11.9 Å². The molecule has 3 aromatic carbocycles. The molecule has 0 aliphatic heterocycles. The van der Waals surface area contributed by atoms with Crippen LogP contribution in [0.5, 0.6) is 5.75 Å². The van der Waals surface area contributed by atoms with Crippen LogP contribution in [0.2, 0.25) is 0 Å². The number of benzene rings is 3. The molecule has 0 saturated carbocycles. The summed E-state index contributed by atoms with van der Waals surface area (Å²) in [5.74, 6) is 1.74. The molecule has 0 aliphatic rings. The van der Waals surface area contributed by atoms with Crippen molar-refractivity contribution in [2.45, 2.75) is 20.0 Å². The molecule has 8 nitrogen and oxygen atoms in total. The number of nitrogens with one attached hydrogen (secondary N) is 2. The van der Waals surface area contributed by atoms with E-state index in [2.05, 4.69) is 28.8 Å². The fraction of sp³-hybridized carbons (Fsp3) is 0.207. The van der Waals surface area contributed by atoms with Crippen molar-refractivity contribution in [3.63, 3.8) is 0 Å². The minimum absolute atomic E-state index is 0.102. The third-order valence-corrected chi connectivity index (χ3v) is 6.03. The predicted octanol–water partition coefficient (Wildman–Crippen LogP) is 4.85. The van der Waals surface area contributed by atoms with Gasteiger partial charge in [-0.15, -0.1) is 0 Å². The lowest BCUT2D eigenvalue weighted by Crippen LogP contribution is -2.21. The van der Waals surface area contributed by atoms with Crippen molar-refractivity contribution in [2.75, 3.05) is 25.6 Å². The highest BCUT2D eigenvalue weighted by atomic mass is 16.5. The lowest BCUT2D eigenvalue weighted by Gasteiger charge is -2.16. The summed E-state index contributed by atoms with van der Waals surface area (Å²) in [6, 6.07) is 26.1. The normalized spacial score (nSPS) is 11.1. The molecule has 0 unspecified atom stereocenters. The van der Waals surface area contributed by atoms with Crippen LogP contribution >= 0.6 is 0 Å². The van der Waals surface area contributed by atoms with Crippen LogP contribution < -0.4 is 15.4 Å². The summed E-state index contributed by atoms with van der Waals surface area (Å²) in [5, 5.41) is 8.30. The van der Waals surface area contributed by atoms with Crippen molar-refractivity contribution < 1.29 is 14.3 Å². The fourth-order valence-electron chi connectivity index (χ4n) is 4.28. The Hall–Kier alpha value is -4.43. The van der Waals surface area contributed by atoms with E-state index in [0.29, 0.717) is 49.3 Å². The molecule has 0 radical (unpaired) electrons. The third kappa shape index (κ3) is 5.39. The molecule has 37 heavy (non-hydrogen) atoms. The van der Waals surface area contributed by atoms with Gasteiger partial charge in [-0.2, -0.15) is 4.98 Å². The van der Waals surface area contributed by atoms with E-state index < -0.39 is 0 Å². The van der Waals surface area contributed by atoms with Crippen LogP contribution in [-0.2, 0) is 22.6 Å². The highest BCUT2D eigenvalue weighted by Crippen LogP contribution is 2.31. The number of carbonyl (C=O) groups is 1. The average Bonchev–Trinajstić information content (AvgIpc) is 3.30. The van der Waals surface area contributed by atoms with Gasteiger partial charge in [-0.25, -0.2) is 4.98 Å². The zero-order valence-electron chi connectivity index (χ0n) is 20.9. The van der Waals surface area contributed by atoms with Gasteiger partial charge in [0.1, 0.15) is 23.7 Å². The number of aromatic nitrogens is 3. The van der Waals surface area contributed by atoms with Gasteiger partial charge in [-0.3, -0.25) is 9.36 Å². The predicted molar refractivity (Wildman–Crippen MR) is 145 cm³/mol. The molecular formula is C29H29N5O3. The monoisotopic (exact) mass is 495 g/mol. The number of rotatable bonds is 10. The highest BCUT2D eigenvalue weighted by molar-refractivity contribution is 5.94. The Bertz CT molecular complexity index is 1530. The van der Waals surface area contributed by atoms with E-state index in [1.54, 1.807) is 7.11 Å². The zero-order valence-corrected chi connectivity index (χ0v) is 20.9. The highest BCUT2D eigenvalue weighted by Gasteiger charge is 2.18. The van der Waals surface area contributed by atoms with Crippen LogP contribution in [0.4, 0.5) is 5.82 Å². The Labute approximate surface area is 215 Å². The van der Waals surface area contributed by atoms with Gasteiger partial charge in [-0.1, -0.05) is 54.6 Å². The Kier molecular flexibility index (Phi) is 7.28. The standard InChI is InChI=1S/C29H29N5O3/c1-20(35)30-19-23-17-22-11-6-7-13-25(22)34(23)29-32-27-24(12-8-14-26(27)37-16-15-36-2)28(33-29)31-18-21-9-4-3-5-10-21/h3-14,17H,15-16,18-19H2,1-2H3,(H,30,35)(H,31,32,33). The minimum atomic E-state index is -0.102. The van der Waals surface area contributed by atoms with E-state index in [-0.39, 0.29) is 5.91 Å². The first-order valence-corrected chi connectivity index (χ1v) is 12.2. The number of hydrogen-bond donors (Lipinski definition) is 2. The summed E-state index contributed by atoms with van der Waals surface area (Å²) in [6.07, 6.45) is 0. The molecular weight excluding hydrogens is 466 g/mol. The molecule has 0 bridgehead atoms. The summed E-state index contributed by atoms with van der Waals surface area (Å²) < 4.78 is 13.2. The number of para-hydroxylation sites is 2. The van der Waals surface area contributed by atoms with E-state index in [1.165, 1.54) is 6.92 Å². The molecule has 188 valence electrons. The summed E-state index contributed by atoms with van der Waals surface area (Å²) in [5.41, 5.74) is 3.67. The number of fused-ring (bicyclic) bond motifs is 2. The molecule has 0 spiro atoms. The quantitative estimate of drug-likeness (QED) is 0.269. The molecule has 2 heterocycles. The molecule has 0 atom stereocenters. The number of ether oxygens (including phenoxy) is 2. The molecule has 2 N–H and O–H groups in total. The maximum Gasteiger partial charge on any atom is 0.237 e. The Morgan fingerprint density at radius 1 is 0.919 bits per heavy atom. The minimum Gasteiger partial charge on any atom is -0.489 e. The second-order valence-corrected chi connectivity index (χ2v) is 8.64. The second-order valence-electron chi connectivity index (χ2n) is 8.64. The smallest absolute Gasteiger partial charge is 0.237 e. The first-order valence-electron chi connectivity index (χ1n) is 12.2. The van der Waals surface area contributed by atoms with E-state index in [1.807, 2.05) is 65.2 Å². The maximum atomic E-state index is 11.7. The van der Waals surface area contributed by atoms with Gasteiger partial charge in [0.05, 0.1) is 18.7 Å². The largest absolute Gasteiger partial charge is 0.489 e. The van der Waals surface area contributed by atoms with E-state index in [4.69, 9.17) is 19.4 Å². The molecule has 0 aliphatic carbocycles. The van der Waals surface area contributed by atoms with Crippen LogP contribution in [0.15, 0.2) is 78.9 Å². The topological polar surface area (TPSA) is 90.3 Å². The summed E-state index contributed by atoms with van der Waals surface area (Å²) >= 11 is 0. The van der Waals surface area contributed by atoms with Crippen LogP contribution in [0, 0.1) is 0 Å². The number of methoxy groups -OCH3 is 1. The molecule has 5 rings (SSSR count). The molecule has 1 amide bonds. The van der Waals surface area contributed by atoms with E-state index >= 15 is 0 Å². The molecule has 2 aromatic heterocycles. The second kappa shape index (κ2) is 11.1. The lowest BCUT2D eigenvalue weighted by atomic mass is 10.2. The van der Waals surface area contributed by atoms with Crippen molar-refractivity contribution >= 4 is 33.5 Å². The van der Waals surface area contributed by atoms with Gasteiger partial charge >= 0.3 is 0 Å². The van der Waals surface area contributed by atoms with Crippen molar-refractivity contribution in [3.05, 3.63) is 90.1 Å². The lowest BCUT2D eigenvalue weighted by molar-refractivity contribution is -0.119. The van der Waals surface area contributed by atoms with Crippen molar-refractivity contribution in [1.29, 1.82) is 0 Å². The maximum absolute atomic E-state index is 11.7. The van der Waals surface area contributed by atoms with Gasteiger partial charge in [-0.05, 0) is 29.8 Å². The van der Waals surface area contributed by atoms with Crippen molar-refractivity contribution in [3.8, 4) is 11.7 Å². The number of carbonyl (C=O) groups excluding carboxylic acids is 1. The van der Waals surface area contributed by atoms with Crippen LogP contribution in [-0.4, -0.2) is 40.8 Å². The molecule has 0 fully saturated rings. The first-order chi connectivity index (χ1) is 18.1. The average molecular weight is 496 g/mol. The van der Waals surface area contributed by atoms with Gasteiger partial charge < -0.3 is 20.1 Å². The van der Waals surface area contributed by atoms with Crippen LogP contribution in [0.3, 0.4) is 0 Å². The van der Waals surface area contributed by atoms with Gasteiger partial charge in [0.25, 0.3) is 0 Å². The van der Waals surface area contributed by atoms with E-state index in [0.717, 1.165) is 27.5 Å². The zero-order chi connectivity index (χ0) is 25.6. The summed E-state index contributed by atoms with van der Waals surface area (Å²) in [6.45, 7) is 3.34. The Morgan fingerprint density at radius 3 is 2.54 bits per heavy atom. The van der Waals surface area contributed by atoms with Crippen LogP contribution in [0.25, 0.3) is 27.8 Å².